The minimum Gasteiger partial charge on any atom is -0.303 e. The molecule has 0 bridgehead atoms. The third-order valence-electron chi connectivity index (χ3n) is 5.56. The number of carbonyl (C=O) groups is 1. The lowest BCUT2D eigenvalue weighted by atomic mass is 9.89. The molecule has 0 amide bonds. The highest BCUT2D eigenvalue weighted by molar-refractivity contribution is 5.87. The highest BCUT2D eigenvalue weighted by atomic mass is 16.1. The predicted molar refractivity (Wildman–Crippen MR) is 114 cm³/mol. The van der Waals surface area contributed by atoms with Gasteiger partial charge in [-0.25, -0.2) is 0 Å². The monoisotopic (exact) mass is 394 g/mol. The van der Waals surface area contributed by atoms with E-state index in [1.807, 2.05) is 12.1 Å². The normalized spacial score (nSPS) is 18.0. The molecule has 6 nitrogen and oxygen atoms in total. The van der Waals surface area contributed by atoms with Crippen LogP contribution in [0.1, 0.15) is 36.5 Å². The average Bonchev–Trinajstić information content (AvgIpc) is 3.24. The van der Waals surface area contributed by atoms with Gasteiger partial charge in [0, 0.05) is 65.2 Å². The standard InChI is InChI=1S/C23H29N5O/c1-16(2)14-28-6-4-17(5-7-28)23(29)10-21-8-18-9-22(20-13-26-27(3)15-20)25-12-19(18)11-24-21/h8-9,11-13,15-17H,4-7,10,14H2,1-3H3/i3D3. The van der Waals surface area contributed by atoms with E-state index in [9.17, 15) is 4.79 Å². The summed E-state index contributed by atoms with van der Waals surface area (Å²) in [5.74, 6) is 1.01. The van der Waals surface area contributed by atoms with Crippen LogP contribution in [0.3, 0.4) is 0 Å². The minimum atomic E-state index is -2.32. The number of carbonyl (C=O) groups excluding carboxylic acids is 1. The number of aryl methyl sites for hydroxylation is 1. The molecule has 4 heterocycles. The van der Waals surface area contributed by atoms with E-state index in [-0.39, 0.29) is 11.7 Å². The van der Waals surface area contributed by atoms with Crippen molar-refractivity contribution in [1.82, 2.24) is 24.6 Å². The number of fused-ring (bicyclic) bond motifs is 1. The van der Waals surface area contributed by atoms with Crippen molar-refractivity contribution in [3.63, 3.8) is 0 Å². The van der Waals surface area contributed by atoms with E-state index >= 15 is 0 Å². The Morgan fingerprint density at radius 2 is 1.97 bits per heavy atom. The zero-order valence-electron chi connectivity index (χ0n) is 20.0. The fourth-order valence-corrected chi connectivity index (χ4v) is 4.07. The van der Waals surface area contributed by atoms with Gasteiger partial charge in [0.15, 0.2) is 0 Å². The summed E-state index contributed by atoms with van der Waals surface area (Å²) in [6, 6.07) is 3.82. The van der Waals surface area contributed by atoms with Crippen LogP contribution in [0.5, 0.6) is 0 Å². The Bertz CT molecular complexity index is 1100. The van der Waals surface area contributed by atoms with E-state index in [0.717, 1.165) is 53.6 Å². The highest BCUT2D eigenvalue weighted by Crippen LogP contribution is 2.24. The van der Waals surface area contributed by atoms with Gasteiger partial charge in [0.2, 0.25) is 0 Å². The summed E-state index contributed by atoms with van der Waals surface area (Å²) in [7, 11) is 0. The molecule has 0 N–H and O–H groups in total. The maximum atomic E-state index is 12.9. The van der Waals surface area contributed by atoms with Crippen molar-refractivity contribution in [3.8, 4) is 11.3 Å². The van der Waals surface area contributed by atoms with Gasteiger partial charge in [-0.15, -0.1) is 0 Å². The van der Waals surface area contributed by atoms with Crippen LogP contribution in [-0.2, 0) is 18.2 Å². The Balaban J connectivity index is 1.46. The fourth-order valence-electron chi connectivity index (χ4n) is 4.07. The molecule has 0 spiro atoms. The Morgan fingerprint density at radius 1 is 1.17 bits per heavy atom. The van der Waals surface area contributed by atoms with Crippen molar-refractivity contribution in [1.29, 1.82) is 0 Å². The number of hydrogen-bond donors (Lipinski definition) is 0. The smallest absolute Gasteiger partial charge is 0.142 e. The summed E-state index contributed by atoms with van der Waals surface area (Å²) in [6.07, 6.45) is 8.59. The van der Waals surface area contributed by atoms with Crippen LogP contribution >= 0.6 is 0 Å². The first-order valence-electron chi connectivity index (χ1n) is 11.7. The molecule has 1 aliphatic heterocycles. The number of pyridine rings is 2. The molecule has 152 valence electrons. The fraction of sp³-hybridized carbons (Fsp3) is 0.478. The van der Waals surface area contributed by atoms with E-state index in [2.05, 4.69) is 33.8 Å². The quantitative estimate of drug-likeness (QED) is 0.640. The Morgan fingerprint density at radius 3 is 2.69 bits per heavy atom. The molecule has 1 saturated heterocycles. The summed E-state index contributed by atoms with van der Waals surface area (Å²) in [5.41, 5.74) is 2.02. The molecule has 3 aromatic heterocycles. The van der Waals surface area contributed by atoms with Gasteiger partial charge in [-0.05, 0) is 49.4 Å². The molecule has 4 rings (SSSR count). The molecule has 1 fully saturated rings. The Hall–Kier alpha value is -2.60. The molecule has 3 aromatic rings. The van der Waals surface area contributed by atoms with Crippen molar-refractivity contribution in [2.75, 3.05) is 19.6 Å². The first-order valence-corrected chi connectivity index (χ1v) is 10.2. The first-order chi connectivity index (χ1) is 15.2. The van der Waals surface area contributed by atoms with Gasteiger partial charge in [-0.2, -0.15) is 5.10 Å². The van der Waals surface area contributed by atoms with Gasteiger partial charge in [0.25, 0.3) is 0 Å². The van der Waals surface area contributed by atoms with Crippen molar-refractivity contribution in [2.45, 2.75) is 33.1 Å². The van der Waals surface area contributed by atoms with Crippen molar-refractivity contribution < 1.29 is 8.91 Å². The number of hydrogen-bond acceptors (Lipinski definition) is 5. The second-order valence-electron chi connectivity index (χ2n) is 8.38. The number of nitrogens with zero attached hydrogens (tertiary/aromatic N) is 5. The van der Waals surface area contributed by atoms with Crippen LogP contribution in [0, 0.1) is 11.8 Å². The summed E-state index contributed by atoms with van der Waals surface area (Å²) < 4.78 is 23.4. The zero-order chi connectivity index (χ0) is 22.9. The van der Waals surface area contributed by atoms with Crippen LogP contribution in [0.25, 0.3) is 22.0 Å². The number of piperidine rings is 1. The summed E-state index contributed by atoms with van der Waals surface area (Å²) in [5, 5.41) is 5.72. The molecule has 0 unspecified atom stereocenters. The summed E-state index contributed by atoms with van der Waals surface area (Å²) in [4.78, 5) is 24.2. The lowest BCUT2D eigenvalue weighted by Crippen LogP contribution is -2.38. The number of ketones is 1. The van der Waals surface area contributed by atoms with Crippen LogP contribution in [0.2, 0.25) is 0 Å². The largest absolute Gasteiger partial charge is 0.303 e. The first kappa shape index (κ1) is 16.2. The highest BCUT2D eigenvalue weighted by Gasteiger charge is 2.25. The van der Waals surface area contributed by atoms with E-state index in [4.69, 9.17) is 4.11 Å². The van der Waals surface area contributed by atoms with Crippen molar-refractivity contribution in [3.05, 3.63) is 42.6 Å². The third-order valence-corrected chi connectivity index (χ3v) is 5.56. The van der Waals surface area contributed by atoms with E-state index in [1.54, 1.807) is 12.4 Å². The van der Waals surface area contributed by atoms with Gasteiger partial charge in [0.1, 0.15) is 5.78 Å². The lowest BCUT2D eigenvalue weighted by Gasteiger charge is -2.32. The Kier molecular flexibility index (Phi) is 4.71. The molecule has 6 heteroatoms. The van der Waals surface area contributed by atoms with Gasteiger partial charge in [0.05, 0.1) is 11.9 Å². The van der Waals surface area contributed by atoms with Crippen LogP contribution in [0.15, 0.2) is 36.9 Å². The number of likely N-dealkylation sites (tertiary alicyclic amines) is 1. The molecule has 0 saturated carbocycles. The van der Waals surface area contributed by atoms with Gasteiger partial charge in [-0.1, -0.05) is 13.8 Å². The van der Waals surface area contributed by atoms with Gasteiger partial charge >= 0.3 is 0 Å². The van der Waals surface area contributed by atoms with Gasteiger partial charge < -0.3 is 4.90 Å². The molecule has 0 radical (unpaired) electrons. The van der Waals surface area contributed by atoms with Crippen LogP contribution in [0.4, 0.5) is 0 Å². The van der Waals surface area contributed by atoms with E-state index in [1.165, 1.54) is 12.4 Å². The zero-order valence-corrected chi connectivity index (χ0v) is 17.0. The van der Waals surface area contributed by atoms with Gasteiger partial charge in [-0.3, -0.25) is 19.4 Å². The molecular weight excluding hydrogens is 362 g/mol. The van der Waals surface area contributed by atoms with E-state index < -0.39 is 6.98 Å². The molecule has 0 aromatic carbocycles. The van der Waals surface area contributed by atoms with Crippen molar-refractivity contribution in [2.24, 2.45) is 18.8 Å². The molecule has 1 aliphatic rings. The van der Waals surface area contributed by atoms with Crippen LogP contribution in [-0.4, -0.2) is 50.1 Å². The predicted octanol–water partition coefficient (Wildman–Crippen LogP) is 3.51. The maximum absolute atomic E-state index is 12.9. The molecular formula is C23H29N5O. The third kappa shape index (κ3) is 4.70. The number of aromatic nitrogens is 4. The second-order valence-corrected chi connectivity index (χ2v) is 8.38. The summed E-state index contributed by atoms with van der Waals surface area (Å²) in [6.45, 7) is 5.19. The molecule has 29 heavy (non-hydrogen) atoms. The molecule has 0 atom stereocenters. The summed E-state index contributed by atoms with van der Waals surface area (Å²) >= 11 is 0. The van der Waals surface area contributed by atoms with E-state index in [0.29, 0.717) is 23.6 Å². The maximum Gasteiger partial charge on any atom is 0.142 e. The average molecular weight is 395 g/mol. The Labute approximate surface area is 176 Å². The number of Topliss-reactive ketones (excluding diaryl/α,β-unsaturated/α-hetero) is 1. The SMILES string of the molecule is [2H]C([2H])([2H])n1cc(-c2cc3cc(CC(=O)C4CCN(CC(C)C)CC4)ncc3cn2)cn1. The van der Waals surface area contributed by atoms with Crippen molar-refractivity contribution >= 4 is 16.6 Å². The minimum absolute atomic E-state index is 0.106. The lowest BCUT2D eigenvalue weighted by molar-refractivity contribution is -0.123. The second kappa shape index (κ2) is 8.41. The number of rotatable bonds is 6. The topological polar surface area (TPSA) is 63.9 Å². The van der Waals surface area contributed by atoms with Crippen LogP contribution < -0.4 is 0 Å². The molecule has 0 aliphatic carbocycles.